The number of nitrogens with zero attached hydrogens (tertiary/aromatic N) is 1. The molecule has 0 saturated carbocycles. The van der Waals surface area contributed by atoms with Gasteiger partial charge in [0.1, 0.15) is 5.75 Å². The molecular weight excluding hydrogens is 379 g/mol. The summed E-state index contributed by atoms with van der Waals surface area (Å²) in [5.74, 6) is 0.572. The van der Waals surface area contributed by atoms with Gasteiger partial charge >= 0.3 is 35.6 Å². The van der Waals surface area contributed by atoms with Crippen LogP contribution in [-0.2, 0) is 10.1 Å². The van der Waals surface area contributed by atoms with Crippen LogP contribution in [0.2, 0.25) is 0 Å². The van der Waals surface area contributed by atoms with Crippen LogP contribution in [0.25, 0.3) is 10.8 Å². The first-order chi connectivity index (χ1) is 11.4. The van der Waals surface area contributed by atoms with Crippen LogP contribution in [0.1, 0.15) is 1.43 Å². The molecule has 0 aliphatic carbocycles. The summed E-state index contributed by atoms with van der Waals surface area (Å²) in [5, 5.41) is 2.06. The van der Waals surface area contributed by atoms with Crippen LogP contribution in [0, 0.1) is 0 Å². The van der Waals surface area contributed by atoms with Crippen LogP contribution in [-0.4, -0.2) is 36.0 Å². The average molecular weight is 393 g/mol. The van der Waals surface area contributed by atoms with E-state index >= 15 is 0 Å². The molecule has 2 amide bonds. The number of carbonyl (C=O) groups is 1. The maximum absolute atomic E-state index is 11.9. The molecule has 0 radical (unpaired) electrons. The minimum absolute atomic E-state index is 0. The number of benzene rings is 2. The zero-order chi connectivity index (χ0) is 17.3. The Balaban J connectivity index is 0.00000169. The monoisotopic (exact) mass is 392 g/mol. The first-order valence-corrected chi connectivity index (χ1v) is 8.75. The number of hydrogen-bond acceptors (Lipinski definition) is 4. The van der Waals surface area contributed by atoms with Crippen molar-refractivity contribution < 1.29 is 53.5 Å². The number of fused-ring (bicyclic) bond motifs is 1. The number of ether oxygens (including phenoxy) is 1. The second kappa shape index (κ2) is 7.94. The first-order valence-electron chi connectivity index (χ1n) is 6.87. The van der Waals surface area contributed by atoms with Crippen molar-refractivity contribution >= 4 is 38.5 Å². The van der Waals surface area contributed by atoms with Gasteiger partial charge in [-0.05, 0) is 11.5 Å². The van der Waals surface area contributed by atoms with E-state index in [9.17, 15) is 13.2 Å². The molecule has 3 rings (SSSR count). The fraction of sp³-hybridized carbons (Fsp3) is 0.133. The zero-order valence-corrected chi connectivity index (χ0v) is 16.8. The van der Waals surface area contributed by atoms with Gasteiger partial charge in [0.15, 0.2) is 12.1 Å². The molecule has 1 aliphatic rings. The van der Waals surface area contributed by atoms with Crippen molar-refractivity contribution in [2.75, 3.05) is 6.73 Å². The predicted molar refractivity (Wildman–Crippen MR) is 90.2 cm³/mol. The Morgan fingerprint density at radius 2 is 1.92 bits per heavy atom. The SMILES string of the molecule is O=C1NC(S(=O)(=O)O)C(Cl)=CN1COc1cccc2ccccc12.[H-].[Na+]. The maximum atomic E-state index is 11.9. The second-order valence-corrected chi connectivity index (χ2v) is 7.02. The molecule has 0 fully saturated rings. The number of rotatable bonds is 4. The molecule has 0 bridgehead atoms. The Morgan fingerprint density at radius 3 is 2.64 bits per heavy atom. The largest absolute Gasteiger partial charge is 1.00 e. The van der Waals surface area contributed by atoms with E-state index in [1.54, 1.807) is 6.07 Å². The molecule has 2 aromatic carbocycles. The van der Waals surface area contributed by atoms with Crippen molar-refractivity contribution in [1.29, 1.82) is 0 Å². The van der Waals surface area contributed by atoms with Crippen molar-refractivity contribution in [3.8, 4) is 5.75 Å². The smallest absolute Gasteiger partial charge is 1.00 e. The van der Waals surface area contributed by atoms with E-state index < -0.39 is 21.5 Å². The van der Waals surface area contributed by atoms with Crippen LogP contribution in [0.4, 0.5) is 4.79 Å². The number of hydrogen-bond donors (Lipinski definition) is 2. The summed E-state index contributed by atoms with van der Waals surface area (Å²) in [6.07, 6.45) is 1.12. The standard InChI is InChI=1S/C15H13ClN2O5S.Na.H/c16-12-8-18(15(19)17-14(12)24(20,21)22)9-23-13-7-3-5-10-4-1-2-6-11(10)13;;/h1-8,14H,9H2,(H,17,19)(H,20,21,22);;/q;+1;-1. The molecular formula is C15H14ClN2NaO5S. The van der Waals surface area contributed by atoms with Gasteiger partial charge < -0.3 is 11.5 Å². The van der Waals surface area contributed by atoms with E-state index in [1.165, 1.54) is 0 Å². The second-order valence-electron chi connectivity index (χ2n) is 5.08. The van der Waals surface area contributed by atoms with E-state index in [4.69, 9.17) is 20.9 Å². The Kier molecular flexibility index (Phi) is 6.36. The summed E-state index contributed by atoms with van der Waals surface area (Å²) >= 11 is 5.81. The third-order valence-corrected chi connectivity index (χ3v) is 4.86. The first kappa shape index (κ1) is 20.0. The van der Waals surface area contributed by atoms with Gasteiger partial charge in [-0.1, -0.05) is 48.0 Å². The topological polar surface area (TPSA) is 95.9 Å². The normalized spacial score (nSPS) is 17.5. The Labute approximate surface area is 173 Å². The van der Waals surface area contributed by atoms with Crippen molar-refractivity contribution in [3.05, 3.63) is 53.7 Å². The van der Waals surface area contributed by atoms with E-state index in [1.807, 2.05) is 36.4 Å². The number of carbonyl (C=O) groups excluding carboxylic acids is 1. The number of amides is 2. The Morgan fingerprint density at radius 1 is 1.24 bits per heavy atom. The number of urea groups is 1. The summed E-state index contributed by atoms with van der Waals surface area (Å²) < 4.78 is 37.0. The fourth-order valence-corrected chi connectivity index (χ4v) is 3.42. The van der Waals surface area contributed by atoms with Crippen LogP contribution >= 0.6 is 11.6 Å². The fourth-order valence-electron chi connectivity index (χ4n) is 2.31. The van der Waals surface area contributed by atoms with Crippen LogP contribution in [0.5, 0.6) is 5.75 Å². The quantitative estimate of drug-likeness (QED) is 0.546. The van der Waals surface area contributed by atoms with Crippen molar-refractivity contribution in [1.82, 2.24) is 10.2 Å². The van der Waals surface area contributed by atoms with Crippen LogP contribution in [0.3, 0.4) is 0 Å². The molecule has 1 aliphatic heterocycles. The van der Waals surface area contributed by atoms with E-state index in [-0.39, 0.29) is 42.7 Å². The van der Waals surface area contributed by atoms with Gasteiger partial charge in [-0.2, -0.15) is 8.42 Å². The van der Waals surface area contributed by atoms with E-state index in [2.05, 4.69) is 5.32 Å². The van der Waals surface area contributed by atoms with E-state index in [0.29, 0.717) is 5.75 Å². The van der Waals surface area contributed by atoms with Gasteiger partial charge in [-0.15, -0.1) is 0 Å². The van der Waals surface area contributed by atoms with Gasteiger partial charge in [0, 0.05) is 11.6 Å². The molecule has 0 spiro atoms. The summed E-state index contributed by atoms with van der Waals surface area (Å²) in [6.45, 7) is -0.172. The molecule has 1 unspecified atom stereocenters. The van der Waals surface area contributed by atoms with Crippen molar-refractivity contribution in [2.45, 2.75) is 5.37 Å². The maximum Gasteiger partial charge on any atom is 1.00 e. The molecule has 0 saturated heterocycles. The summed E-state index contributed by atoms with van der Waals surface area (Å²) in [4.78, 5) is 13.0. The molecule has 7 nitrogen and oxygen atoms in total. The molecule has 2 N–H and O–H groups in total. The van der Waals surface area contributed by atoms with Gasteiger partial charge in [0.05, 0.1) is 5.03 Å². The average Bonchev–Trinajstić information content (AvgIpc) is 2.54. The Bertz CT molecular complexity index is 935. The Hall–Kier alpha value is -1.29. The van der Waals surface area contributed by atoms with Crippen LogP contribution in [0.15, 0.2) is 53.7 Å². The van der Waals surface area contributed by atoms with Crippen LogP contribution < -0.4 is 39.6 Å². The molecule has 1 heterocycles. The predicted octanol–water partition coefficient (Wildman–Crippen LogP) is -0.388. The van der Waals surface area contributed by atoms with E-state index in [0.717, 1.165) is 21.9 Å². The number of nitrogens with one attached hydrogen (secondary N) is 1. The molecule has 0 aromatic heterocycles. The minimum atomic E-state index is -4.53. The molecule has 1 atom stereocenters. The third-order valence-electron chi connectivity index (χ3n) is 3.45. The van der Waals surface area contributed by atoms with Gasteiger partial charge in [-0.25, -0.2) is 4.79 Å². The van der Waals surface area contributed by atoms with Crippen molar-refractivity contribution in [2.24, 2.45) is 0 Å². The molecule has 10 heteroatoms. The summed E-state index contributed by atoms with van der Waals surface area (Å²) in [6, 6.07) is 12.4. The third kappa shape index (κ3) is 4.46. The molecule has 25 heavy (non-hydrogen) atoms. The van der Waals surface area contributed by atoms with Gasteiger partial charge in [0.25, 0.3) is 10.1 Å². The number of halogens is 1. The van der Waals surface area contributed by atoms with Gasteiger partial charge in [0.2, 0.25) is 0 Å². The minimum Gasteiger partial charge on any atom is -1.00 e. The summed E-state index contributed by atoms with van der Waals surface area (Å²) in [5.41, 5.74) is 0. The summed E-state index contributed by atoms with van der Waals surface area (Å²) in [7, 11) is -4.53. The zero-order valence-electron chi connectivity index (χ0n) is 14.2. The molecule has 2 aromatic rings. The van der Waals surface area contributed by atoms with Crippen molar-refractivity contribution in [3.63, 3.8) is 0 Å². The van der Waals surface area contributed by atoms with Gasteiger partial charge in [-0.3, -0.25) is 9.45 Å². The molecule has 128 valence electrons.